The smallest absolute Gasteiger partial charge is 0.282 e. The van der Waals surface area contributed by atoms with E-state index >= 15 is 0 Å². The summed E-state index contributed by atoms with van der Waals surface area (Å²) in [5.41, 5.74) is 1.15. The summed E-state index contributed by atoms with van der Waals surface area (Å²) in [5.74, 6) is 1.06. The number of carbonyl (C=O) groups excluding carboxylic acids is 1. The van der Waals surface area contributed by atoms with E-state index in [1.54, 1.807) is 50.6 Å². The highest BCUT2D eigenvalue weighted by Crippen LogP contribution is 2.25. The van der Waals surface area contributed by atoms with Crippen LogP contribution in [-0.4, -0.2) is 25.8 Å². The maximum Gasteiger partial charge on any atom is 0.282 e. The van der Waals surface area contributed by atoms with Crippen molar-refractivity contribution in [2.45, 2.75) is 26.7 Å². The predicted octanol–water partition coefficient (Wildman–Crippen LogP) is 4.53. The van der Waals surface area contributed by atoms with Gasteiger partial charge in [0.25, 0.3) is 5.91 Å². The van der Waals surface area contributed by atoms with Crippen molar-refractivity contribution < 1.29 is 14.3 Å². The van der Waals surface area contributed by atoms with Gasteiger partial charge in [-0.2, -0.15) is 10.1 Å². The molecule has 0 N–H and O–H groups in total. The van der Waals surface area contributed by atoms with Crippen LogP contribution < -0.4 is 14.5 Å². The molecule has 0 saturated carbocycles. The fourth-order valence-corrected chi connectivity index (χ4v) is 2.28. The van der Waals surface area contributed by atoms with Crippen molar-refractivity contribution in [2.75, 3.05) is 18.7 Å². The molecule has 0 fully saturated rings. The number of ether oxygens (including phenoxy) is 2. The lowest BCUT2D eigenvalue weighted by atomic mass is 10.1. The first-order chi connectivity index (χ1) is 12.2. The number of para-hydroxylation sites is 1. The summed E-state index contributed by atoms with van der Waals surface area (Å²) in [6.07, 6.45) is 3.56. The second kappa shape index (κ2) is 9.47. The van der Waals surface area contributed by atoms with E-state index in [1.807, 2.05) is 18.2 Å². The molecule has 0 radical (unpaired) electrons. The van der Waals surface area contributed by atoms with Gasteiger partial charge < -0.3 is 9.47 Å². The molecule has 0 aliphatic heterocycles. The zero-order valence-corrected chi connectivity index (χ0v) is 14.9. The van der Waals surface area contributed by atoms with Crippen molar-refractivity contribution in [3.05, 3.63) is 54.1 Å². The van der Waals surface area contributed by atoms with Crippen LogP contribution in [0.15, 0.2) is 53.6 Å². The standard InChI is InChI=1S/C20H24N2O3/c1-4-6-15-25-19-10-8-7-9-18(19)20(23)22(21-5-2)16-11-13-17(24-3)14-12-16/h5,7-14H,4,6,15H2,1-3H3/b21-5+. The monoisotopic (exact) mass is 340 g/mol. The fourth-order valence-electron chi connectivity index (χ4n) is 2.28. The minimum Gasteiger partial charge on any atom is -0.497 e. The van der Waals surface area contributed by atoms with E-state index in [2.05, 4.69) is 12.0 Å². The molecule has 2 aromatic carbocycles. The van der Waals surface area contributed by atoms with Gasteiger partial charge in [0.05, 0.1) is 25.0 Å². The largest absolute Gasteiger partial charge is 0.497 e. The Morgan fingerprint density at radius 1 is 1.16 bits per heavy atom. The molecule has 132 valence electrons. The molecule has 0 aliphatic rings. The molecule has 0 saturated heterocycles. The number of nitrogens with zero attached hydrogens (tertiary/aromatic N) is 2. The van der Waals surface area contributed by atoms with E-state index < -0.39 is 0 Å². The Hall–Kier alpha value is -2.82. The number of hydrogen-bond acceptors (Lipinski definition) is 4. The Labute approximate surface area is 148 Å². The van der Waals surface area contributed by atoms with Crippen LogP contribution in [0.2, 0.25) is 0 Å². The van der Waals surface area contributed by atoms with Crippen molar-refractivity contribution in [1.82, 2.24) is 0 Å². The second-order valence-electron chi connectivity index (χ2n) is 5.39. The highest BCUT2D eigenvalue weighted by atomic mass is 16.5. The third-order valence-corrected chi connectivity index (χ3v) is 3.61. The molecule has 2 rings (SSSR count). The van der Waals surface area contributed by atoms with Gasteiger partial charge in [-0.3, -0.25) is 4.79 Å². The molecule has 1 amide bonds. The summed E-state index contributed by atoms with van der Waals surface area (Å²) in [7, 11) is 1.60. The van der Waals surface area contributed by atoms with Crippen LogP contribution in [-0.2, 0) is 0 Å². The maximum atomic E-state index is 13.0. The maximum absolute atomic E-state index is 13.0. The molecule has 0 spiro atoms. The first-order valence-corrected chi connectivity index (χ1v) is 8.40. The number of unbranched alkanes of at least 4 members (excludes halogenated alkanes) is 1. The average Bonchev–Trinajstić information content (AvgIpc) is 2.66. The van der Waals surface area contributed by atoms with Crippen LogP contribution in [0, 0.1) is 0 Å². The first-order valence-electron chi connectivity index (χ1n) is 8.40. The van der Waals surface area contributed by atoms with Gasteiger partial charge in [0.2, 0.25) is 0 Å². The van der Waals surface area contributed by atoms with Crippen molar-refractivity contribution in [3.63, 3.8) is 0 Å². The summed E-state index contributed by atoms with van der Waals surface area (Å²) in [5, 5.41) is 5.59. The van der Waals surface area contributed by atoms with Gasteiger partial charge in [0.1, 0.15) is 11.5 Å². The lowest BCUT2D eigenvalue weighted by Crippen LogP contribution is -2.26. The molecule has 0 heterocycles. The molecule has 25 heavy (non-hydrogen) atoms. The molecular formula is C20H24N2O3. The van der Waals surface area contributed by atoms with Crippen molar-refractivity contribution in [1.29, 1.82) is 0 Å². The molecule has 0 unspecified atom stereocenters. The quantitative estimate of drug-likeness (QED) is 0.403. The van der Waals surface area contributed by atoms with Crippen molar-refractivity contribution in [2.24, 2.45) is 5.10 Å². The lowest BCUT2D eigenvalue weighted by Gasteiger charge is -2.19. The van der Waals surface area contributed by atoms with Gasteiger partial charge in [-0.05, 0) is 49.7 Å². The summed E-state index contributed by atoms with van der Waals surface area (Å²) in [6.45, 7) is 4.45. The van der Waals surface area contributed by atoms with Gasteiger partial charge >= 0.3 is 0 Å². The zero-order valence-electron chi connectivity index (χ0n) is 14.9. The number of amides is 1. The van der Waals surface area contributed by atoms with Crippen LogP contribution in [0.5, 0.6) is 11.5 Å². The van der Waals surface area contributed by atoms with Crippen LogP contribution >= 0.6 is 0 Å². The van der Waals surface area contributed by atoms with Gasteiger partial charge in [-0.25, -0.2) is 0 Å². The van der Waals surface area contributed by atoms with Crippen LogP contribution in [0.3, 0.4) is 0 Å². The summed E-state index contributed by atoms with van der Waals surface area (Å²) < 4.78 is 10.9. The number of rotatable bonds is 8. The summed E-state index contributed by atoms with van der Waals surface area (Å²) in [4.78, 5) is 13.0. The average molecular weight is 340 g/mol. The number of anilines is 1. The number of carbonyl (C=O) groups is 1. The Bertz CT molecular complexity index is 711. The summed E-state index contributed by atoms with van der Waals surface area (Å²) in [6, 6.07) is 14.4. The second-order valence-corrected chi connectivity index (χ2v) is 5.39. The lowest BCUT2D eigenvalue weighted by molar-refractivity contribution is 0.0983. The molecule has 0 aromatic heterocycles. The molecule has 0 bridgehead atoms. The van der Waals surface area contributed by atoms with E-state index in [0.717, 1.165) is 18.6 Å². The number of benzene rings is 2. The molecule has 2 aromatic rings. The normalized spacial score (nSPS) is 10.7. The Morgan fingerprint density at radius 3 is 2.52 bits per heavy atom. The molecule has 5 heteroatoms. The highest BCUT2D eigenvalue weighted by molar-refractivity contribution is 6.08. The predicted molar refractivity (Wildman–Crippen MR) is 101 cm³/mol. The van der Waals surface area contributed by atoms with Crippen molar-refractivity contribution in [3.8, 4) is 11.5 Å². The topological polar surface area (TPSA) is 51.1 Å². The van der Waals surface area contributed by atoms with E-state index in [4.69, 9.17) is 9.47 Å². The highest BCUT2D eigenvalue weighted by Gasteiger charge is 2.20. The SMILES string of the molecule is C/C=N/N(C(=O)c1ccccc1OCCCC)c1ccc(OC)cc1. The third kappa shape index (κ3) is 4.83. The third-order valence-electron chi connectivity index (χ3n) is 3.61. The van der Waals surface area contributed by atoms with Gasteiger partial charge in [-0.15, -0.1) is 0 Å². The minimum absolute atomic E-state index is 0.240. The number of methoxy groups -OCH3 is 1. The first kappa shape index (κ1) is 18.5. The fraction of sp³-hybridized carbons (Fsp3) is 0.300. The molecule has 5 nitrogen and oxygen atoms in total. The van der Waals surface area contributed by atoms with E-state index in [0.29, 0.717) is 23.6 Å². The van der Waals surface area contributed by atoms with E-state index in [-0.39, 0.29) is 5.91 Å². The Balaban J connectivity index is 2.31. The van der Waals surface area contributed by atoms with Crippen LogP contribution in [0.4, 0.5) is 5.69 Å². The molecule has 0 atom stereocenters. The zero-order chi connectivity index (χ0) is 18.1. The molecule has 0 aliphatic carbocycles. The van der Waals surface area contributed by atoms with Gasteiger partial charge in [0, 0.05) is 6.21 Å². The minimum atomic E-state index is -0.240. The Kier molecular flexibility index (Phi) is 7.01. The van der Waals surface area contributed by atoms with Crippen LogP contribution in [0.1, 0.15) is 37.0 Å². The van der Waals surface area contributed by atoms with Gasteiger partial charge in [-0.1, -0.05) is 25.5 Å². The number of hydrazone groups is 1. The van der Waals surface area contributed by atoms with Crippen molar-refractivity contribution >= 4 is 17.8 Å². The Morgan fingerprint density at radius 2 is 1.88 bits per heavy atom. The van der Waals surface area contributed by atoms with Gasteiger partial charge in [0.15, 0.2) is 0 Å². The van der Waals surface area contributed by atoms with Crippen LogP contribution in [0.25, 0.3) is 0 Å². The van der Waals surface area contributed by atoms with E-state index in [9.17, 15) is 4.79 Å². The molecular weight excluding hydrogens is 316 g/mol. The van der Waals surface area contributed by atoms with E-state index in [1.165, 1.54) is 5.01 Å². The number of hydrogen-bond donors (Lipinski definition) is 0. The summed E-state index contributed by atoms with van der Waals surface area (Å²) >= 11 is 0.